The van der Waals surface area contributed by atoms with Gasteiger partial charge in [-0.2, -0.15) is 0 Å². The molecule has 0 aliphatic rings. The maximum atomic E-state index is 12.7. The summed E-state index contributed by atoms with van der Waals surface area (Å²) in [5.41, 5.74) is 6.23. The molecule has 2 nitrogen and oxygen atoms in total. The fraction of sp³-hybridized carbons (Fsp3) is 0.333. The van der Waals surface area contributed by atoms with Gasteiger partial charge in [0.2, 0.25) is 0 Å². The summed E-state index contributed by atoms with van der Waals surface area (Å²) < 4.78 is 12.7. The van der Waals surface area contributed by atoms with E-state index in [9.17, 15) is 4.39 Å². The van der Waals surface area contributed by atoms with Gasteiger partial charge >= 0.3 is 0 Å². The lowest BCUT2D eigenvalue weighted by Crippen LogP contribution is -2.24. The molecule has 0 bridgehead atoms. The number of nitrogens with zero attached hydrogens (tertiary/aromatic N) is 1. The summed E-state index contributed by atoms with van der Waals surface area (Å²) in [5.74, 6) is -0.212. The second-order valence-corrected chi connectivity index (χ2v) is 2.69. The number of hydrogen-bond donors (Lipinski definition) is 1. The highest BCUT2D eigenvalue weighted by atomic mass is 19.1. The van der Waals surface area contributed by atoms with Crippen molar-refractivity contribution in [1.29, 1.82) is 0 Å². The predicted octanol–water partition coefficient (Wildman–Crippen LogP) is 1.22. The Morgan fingerprint density at radius 1 is 1.50 bits per heavy atom. The second kappa shape index (κ2) is 4.07. The third kappa shape index (κ3) is 2.20. The van der Waals surface area contributed by atoms with E-state index in [0.29, 0.717) is 6.54 Å². The minimum absolute atomic E-state index is 0.212. The van der Waals surface area contributed by atoms with E-state index in [1.165, 1.54) is 12.1 Å². The van der Waals surface area contributed by atoms with Crippen molar-refractivity contribution in [3.63, 3.8) is 0 Å². The van der Waals surface area contributed by atoms with Crippen molar-refractivity contribution in [2.75, 3.05) is 25.0 Å². The number of hydrogen-bond acceptors (Lipinski definition) is 2. The molecular weight excluding hydrogens is 155 g/mol. The molecule has 1 aromatic rings. The molecule has 0 saturated heterocycles. The number of anilines is 1. The summed E-state index contributed by atoms with van der Waals surface area (Å²) in [6.07, 6.45) is 0. The number of benzene rings is 1. The van der Waals surface area contributed by atoms with E-state index in [0.717, 1.165) is 12.2 Å². The van der Waals surface area contributed by atoms with Crippen molar-refractivity contribution in [3.8, 4) is 0 Å². The first-order chi connectivity index (χ1) is 5.74. The third-order valence-corrected chi connectivity index (χ3v) is 1.71. The first-order valence-corrected chi connectivity index (χ1v) is 3.91. The Morgan fingerprint density at radius 3 is 2.83 bits per heavy atom. The van der Waals surface area contributed by atoms with E-state index in [2.05, 4.69) is 0 Å². The van der Waals surface area contributed by atoms with Gasteiger partial charge in [-0.05, 0) is 18.2 Å². The zero-order chi connectivity index (χ0) is 8.97. The lowest BCUT2D eigenvalue weighted by Gasteiger charge is -2.17. The molecule has 2 N–H and O–H groups in total. The normalized spacial score (nSPS) is 9.92. The number of likely N-dealkylation sites (N-methyl/N-ethyl adjacent to an activating group) is 1. The second-order valence-electron chi connectivity index (χ2n) is 2.69. The maximum absolute atomic E-state index is 12.7. The van der Waals surface area contributed by atoms with Crippen LogP contribution in [0.1, 0.15) is 0 Å². The van der Waals surface area contributed by atoms with Gasteiger partial charge in [-0.15, -0.1) is 0 Å². The molecule has 0 radical (unpaired) electrons. The molecule has 0 heterocycles. The van der Waals surface area contributed by atoms with Gasteiger partial charge < -0.3 is 10.6 Å². The summed E-state index contributed by atoms with van der Waals surface area (Å²) in [5, 5.41) is 0. The molecule has 3 heteroatoms. The third-order valence-electron chi connectivity index (χ3n) is 1.71. The number of nitrogens with two attached hydrogens (primary N) is 1. The average Bonchev–Trinajstić information content (AvgIpc) is 2.05. The van der Waals surface area contributed by atoms with Crippen LogP contribution in [0.2, 0.25) is 0 Å². The van der Waals surface area contributed by atoms with Crippen LogP contribution in [-0.2, 0) is 0 Å². The van der Waals surface area contributed by atoms with Crippen LogP contribution in [0.5, 0.6) is 0 Å². The summed E-state index contributed by atoms with van der Waals surface area (Å²) in [6, 6.07) is 6.48. The minimum Gasteiger partial charge on any atom is -0.373 e. The number of rotatable bonds is 3. The molecule has 12 heavy (non-hydrogen) atoms. The molecule has 66 valence electrons. The zero-order valence-corrected chi connectivity index (χ0v) is 7.13. The van der Waals surface area contributed by atoms with E-state index in [-0.39, 0.29) is 5.82 Å². The van der Waals surface area contributed by atoms with Gasteiger partial charge in [0.1, 0.15) is 5.82 Å². The Balaban J connectivity index is 2.73. The van der Waals surface area contributed by atoms with Crippen molar-refractivity contribution in [2.24, 2.45) is 5.73 Å². The van der Waals surface area contributed by atoms with Crippen molar-refractivity contribution in [3.05, 3.63) is 30.1 Å². The predicted molar refractivity (Wildman–Crippen MR) is 48.7 cm³/mol. The number of halogens is 1. The molecule has 0 aliphatic heterocycles. The molecule has 0 fully saturated rings. The van der Waals surface area contributed by atoms with E-state index in [1.54, 1.807) is 6.07 Å². The Kier molecular flexibility index (Phi) is 3.05. The van der Waals surface area contributed by atoms with E-state index in [4.69, 9.17) is 5.73 Å². The van der Waals surface area contributed by atoms with Crippen molar-refractivity contribution >= 4 is 5.69 Å². The van der Waals surface area contributed by atoms with Crippen molar-refractivity contribution in [1.82, 2.24) is 0 Å². The Hall–Kier alpha value is -1.09. The van der Waals surface area contributed by atoms with Gasteiger partial charge in [0.15, 0.2) is 0 Å². The smallest absolute Gasteiger partial charge is 0.125 e. The lowest BCUT2D eigenvalue weighted by molar-refractivity contribution is 0.627. The molecule has 0 aromatic heterocycles. The highest BCUT2D eigenvalue weighted by Gasteiger charge is 1.99. The van der Waals surface area contributed by atoms with Gasteiger partial charge in [-0.1, -0.05) is 6.07 Å². The fourth-order valence-electron chi connectivity index (χ4n) is 1.04. The summed E-state index contributed by atoms with van der Waals surface area (Å²) in [6.45, 7) is 1.32. The fourth-order valence-corrected chi connectivity index (χ4v) is 1.04. The molecule has 0 aliphatic carbocycles. The molecule has 1 rings (SSSR count). The Bertz CT molecular complexity index is 250. The first-order valence-electron chi connectivity index (χ1n) is 3.91. The summed E-state index contributed by atoms with van der Waals surface area (Å²) in [4.78, 5) is 1.92. The van der Waals surface area contributed by atoms with Crippen LogP contribution >= 0.6 is 0 Å². The van der Waals surface area contributed by atoms with Gasteiger partial charge in [0.25, 0.3) is 0 Å². The van der Waals surface area contributed by atoms with Crippen LogP contribution in [0, 0.1) is 5.82 Å². The molecule has 1 aromatic carbocycles. The molecule has 0 spiro atoms. The van der Waals surface area contributed by atoms with Crippen LogP contribution in [0.15, 0.2) is 24.3 Å². The van der Waals surface area contributed by atoms with Gasteiger partial charge in [-0.3, -0.25) is 0 Å². The lowest BCUT2D eigenvalue weighted by atomic mass is 10.3. The van der Waals surface area contributed by atoms with Crippen molar-refractivity contribution in [2.45, 2.75) is 0 Å². The van der Waals surface area contributed by atoms with Crippen LogP contribution in [0.4, 0.5) is 10.1 Å². The largest absolute Gasteiger partial charge is 0.373 e. The Morgan fingerprint density at radius 2 is 2.25 bits per heavy atom. The Labute approximate surface area is 71.8 Å². The highest BCUT2D eigenvalue weighted by Crippen LogP contribution is 2.12. The topological polar surface area (TPSA) is 29.3 Å². The first kappa shape index (κ1) is 9.00. The van der Waals surface area contributed by atoms with E-state index < -0.39 is 0 Å². The monoisotopic (exact) mass is 168 g/mol. The molecule has 0 unspecified atom stereocenters. The standard InChI is InChI=1S/C9H13FN2/c1-12(6-5-11)9-4-2-3-8(10)7-9/h2-4,7H,5-6,11H2,1H3. The SMILES string of the molecule is CN(CCN)c1cccc(F)c1. The minimum atomic E-state index is -0.212. The molecular formula is C9H13FN2. The van der Waals surface area contributed by atoms with Crippen molar-refractivity contribution < 1.29 is 4.39 Å². The van der Waals surface area contributed by atoms with Crippen LogP contribution < -0.4 is 10.6 Å². The highest BCUT2D eigenvalue weighted by molar-refractivity contribution is 5.45. The maximum Gasteiger partial charge on any atom is 0.125 e. The zero-order valence-electron chi connectivity index (χ0n) is 7.13. The van der Waals surface area contributed by atoms with Crippen LogP contribution in [-0.4, -0.2) is 20.1 Å². The molecule has 0 amide bonds. The van der Waals surface area contributed by atoms with Gasteiger partial charge in [0, 0.05) is 25.8 Å². The quantitative estimate of drug-likeness (QED) is 0.735. The summed E-state index contributed by atoms with van der Waals surface area (Å²) >= 11 is 0. The van der Waals surface area contributed by atoms with E-state index >= 15 is 0 Å². The van der Waals surface area contributed by atoms with Crippen LogP contribution in [0.25, 0.3) is 0 Å². The van der Waals surface area contributed by atoms with Gasteiger partial charge in [0.05, 0.1) is 0 Å². The van der Waals surface area contributed by atoms with Crippen LogP contribution in [0.3, 0.4) is 0 Å². The molecule has 0 atom stereocenters. The van der Waals surface area contributed by atoms with E-state index in [1.807, 2.05) is 18.0 Å². The van der Waals surface area contributed by atoms with Gasteiger partial charge in [-0.25, -0.2) is 4.39 Å². The molecule has 0 saturated carbocycles. The average molecular weight is 168 g/mol. The summed E-state index contributed by atoms with van der Waals surface area (Å²) in [7, 11) is 1.89.